The first-order chi connectivity index (χ1) is 15.2. The third-order valence-electron chi connectivity index (χ3n) is 4.98. The minimum atomic E-state index is 0.0201. The second-order valence-corrected chi connectivity index (χ2v) is 9.18. The zero-order chi connectivity index (χ0) is 21.5. The predicted molar refractivity (Wildman–Crippen MR) is 131 cm³/mol. The van der Waals surface area contributed by atoms with Crippen LogP contribution in [0.2, 0.25) is 0 Å². The van der Waals surface area contributed by atoms with Crippen molar-refractivity contribution >= 4 is 29.0 Å². The van der Waals surface area contributed by atoms with Gasteiger partial charge in [-0.3, -0.25) is 4.79 Å². The molecular weight excluding hydrogens is 422 g/mol. The van der Waals surface area contributed by atoms with Crippen LogP contribution >= 0.6 is 23.1 Å². The van der Waals surface area contributed by atoms with Gasteiger partial charge in [0.15, 0.2) is 5.16 Å². The molecule has 4 aromatic rings. The van der Waals surface area contributed by atoms with Crippen molar-refractivity contribution in [2.75, 3.05) is 12.3 Å². The van der Waals surface area contributed by atoms with Crippen molar-refractivity contribution in [3.63, 3.8) is 0 Å². The number of nitrogens with zero attached hydrogens (tertiary/aromatic N) is 2. The third kappa shape index (κ3) is 5.27. The van der Waals surface area contributed by atoms with Gasteiger partial charge >= 0.3 is 0 Å². The molecule has 158 valence electrons. The van der Waals surface area contributed by atoms with Crippen molar-refractivity contribution in [3.05, 3.63) is 83.1 Å². The lowest BCUT2D eigenvalue weighted by molar-refractivity contribution is 0.0957. The van der Waals surface area contributed by atoms with Gasteiger partial charge in [-0.2, -0.15) is 0 Å². The normalized spacial score (nSPS) is 10.9. The second kappa shape index (κ2) is 10.5. The largest absolute Gasteiger partial charge is 0.351 e. The fraction of sp³-hybridized carbons (Fsp3) is 0.200. The second-order valence-electron chi connectivity index (χ2n) is 7.17. The first-order valence-electron chi connectivity index (χ1n) is 10.4. The van der Waals surface area contributed by atoms with Crippen molar-refractivity contribution in [2.45, 2.75) is 18.0 Å². The number of nitrogens with one attached hydrogen (secondary N) is 1. The molecule has 0 aliphatic carbocycles. The van der Waals surface area contributed by atoms with E-state index in [4.69, 9.17) is 4.98 Å². The summed E-state index contributed by atoms with van der Waals surface area (Å²) in [5, 5.41) is 5.93. The number of aromatic nitrogens is 2. The van der Waals surface area contributed by atoms with Crippen LogP contribution in [-0.4, -0.2) is 27.8 Å². The Morgan fingerprint density at radius 3 is 2.35 bits per heavy atom. The Morgan fingerprint density at radius 1 is 0.968 bits per heavy atom. The number of carbonyl (C=O) groups is 1. The molecule has 6 heteroatoms. The van der Waals surface area contributed by atoms with Gasteiger partial charge in [0, 0.05) is 30.5 Å². The van der Waals surface area contributed by atoms with E-state index >= 15 is 0 Å². The Kier molecular flexibility index (Phi) is 7.22. The molecule has 0 aliphatic rings. The number of thiophene rings is 1. The molecule has 0 atom stereocenters. The van der Waals surface area contributed by atoms with E-state index in [-0.39, 0.29) is 5.91 Å². The number of rotatable bonds is 9. The molecular formula is C25H25N3OS2. The quantitative estimate of drug-likeness (QED) is 0.248. The third-order valence-corrected chi connectivity index (χ3v) is 6.97. The Balaban J connectivity index is 1.39. The van der Waals surface area contributed by atoms with Gasteiger partial charge in [-0.05, 0) is 24.3 Å². The fourth-order valence-corrected chi connectivity index (χ4v) is 5.03. The molecule has 2 heterocycles. The first-order valence-corrected chi connectivity index (χ1v) is 12.2. The van der Waals surface area contributed by atoms with Crippen LogP contribution in [0.5, 0.6) is 0 Å². The molecule has 4 rings (SSSR count). The molecule has 2 aromatic carbocycles. The molecule has 1 N–H and O–H groups in total. The number of unbranched alkanes of at least 4 members (excludes halogenated alkanes) is 1. The first kappa shape index (κ1) is 21.4. The fourth-order valence-electron chi connectivity index (χ4n) is 3.42. The Labute approximate surface area is 191 Å². The number of benzene rings is 2. The van der Waals surface area contributed by atoms with Gasteiger partial charge in [-0.15, -0.1) is 11.3 Å². The van der Waals surface area contributed by atoms with Crippen molar-refractivity contribution in [1.29, 1.82) is 0 Å². The Hall–Kier alpha value is -2.83. The van der Waals surface area contributed by atoms with Gasteiger partial charge in [0.2, 0.25) is 0 Å². The number of thioether (sulfide) groups is 1. The molecule has 1 amide bonds. The van der Waals surface area contributed by atoms with Crippen molar-refractivity contribution in [2.24, 2.45) is 7.05 Å². The molecule has 0 spiro atoms. The van der Waals surface area contributed by atoms with Crippen molar-refractivity contribution in [1.82, 2.24) is 14.9 Å². The molecule has 0 fully saturated rings. The molecule has 0 saturated heterocycles. The average molecular weight is 448 g/mol. The van der Waals surface area contributed by atoms with Crippen molar-refractivity contribution in [3.8, 4) is 22.5 Å². The molecule has 2 aromatic heterocycles. The Bertz CT molecular complexity index is 1110. The van der Waals surface area contributed by atoms with Crippen LogP contribution in [-0.2, 0) is 7.05 Å². The maximum atomic E-state index is 12.0. The number of carbonyl (C=O) groups excluding carboxylic acids is 1. The summed E-state index contributed by atoms with van der Waals surface area (Å²) in [7, 11) is 2.09. The summed E-state index contributed by atoms with van der Waals surface area (Å²) in [5.74, 6) is 0.981. The smallest absolute Gasteiger partial charge is 0.261 e. The van der Waals surface area contributed by atoms with E-state index in [1.807, 2.05) is 29.6 Å². The SMILES string of the molecule is Cn1c(SCCCCNC(=O)c2cccs2)nc(-c2ccccc2)c1-c1ccccc1. The van der Waals surface area contributed by atoms with Crippen LogP contribution in [0.1, 0.15) is 22.5 Å². The van der Waals surface area contributed by atoms with E-state index in [0.717, 1.165) is 45.6 Å². The lowest BCUT2D eigenvalue weighted by Gasteiger charge is -2.08. The molecule has 0 bridgehead atoms. The van der Waals surface area contributed by atoms with Crippen LogP contribution in [0.15, 0.2) is 83.3 Å². The van der Waals surface area contributed by atoms with Gasteiger partial charge in [-0.25, -0.2) is 4.98 Å². The van der Waals surface area contributed by atoms with E-state index in [9.17, 15) is 4.79 Å². The lowest BCUT2D eigenvalue weighted by atomic mass is 10.1. The number of imidazole rings is 1. The van der Waals surface area contributed by atoms with E-state index in [0.29, 0.717) is 6.54 Å². The van der Waals surface area contributed by atoms with Crippen LogP contribution in [0, 0.1) is 0 Å². The average Bonchev–Trinajstić information content (AvgIpc) is 3.46. The van der Waals surface area contributed by atoms with Crippen LogP contribution < -0.4 is 5.32 Å². The van der Waals surface area contributed by atoms with Crippen molar-refractivity contribution < 1.29 is 4.79 Å². The minimum Gasteiger partial charge on any atom is -0.351 e. The molecule has 31 heavy (non-hydrogen) atoms. The van der Waals surface area contributed by atoms with E-state index in [1.54, 1.807) is 11.8 Å². The molecule has 0 radical (unpaired) electrons. The van der Waals surface area contributed by atoms with E-state index < -0.39 is 0 Å². The van der Waals surface area contributed by atoms with Gasteiger partial charge in [0.05, 0.1) is 16.3 Å². The topological polar surface area (TPSA) is 46.9 Å². The summed E-state index contributed by atoms with van der Waals surface area (Å²) >= 11 is 3.24. The zero-order valence-electron chi connectivity index (χ0n) is 17.5. The van der Waals surface area contributed by atoms with Gasteiger partial charge in [0.1, 0.15) is 0 Å². The molecule has 0 saturated carbocycles. The molecule has 0 unspecified atom stereocenters. The standard InChI is InChI=1S/C25H25N3OS2/c1-28-23(20-13-6-3-7-14-20)22(19-11-4-2-5-12-19)27-25(28)31-17-9-8-16-26-24(29)21-15-10-18-30-21/h2-7,10-15,18H,8-9,16-17H2,1H3,(H,26,29). The number of hydrogen-bond acceptors (Lipinski definition) is 4. The van der Waals surface area contributed by atoms with Crippen LogP contribution in [0.4, 0.5) is 0 Å². The van der Waals surface area contributed by atoms with Crippen LogP contribution in [0.25, 0.3) is 22.5 Å². The molecule has 0 aliphatic heterocycles. The highest BCUT2D eigenvalue weighted by Crippen LogP contribution is 2.35. The maximum Gasteiger partial charge on any atom is 0.261 e. The maximum absolute atomic E-state index is 12.0. The van der Waals surface area contributed by atoms with Gasteiger partial charge in [-0.1, -0.05) is 78.5 Å². The number of hydrogen-bond donors (Lipinski definition) is 1. The van der Waals surface area contributed by atoms with E-state index in [1.165, 1.54) is 16.9 Å². The van der Waals surface area contributed by atoms with Gasteiger partial charge < -0.3 is 9.88 Å². The highest BCUT2D eigenvalue weighted by molar-refractivity contribution is 7.99. The minimum absolute atomic E-state index is 0.0201. The summed E-state index contributed by atoms with van der Waals surface area (Å²) in [4.78, 5) is 17.8. The summed E-state index contributed by atoms with van der Waals surface area (Å²) < 4.78 is 2.20. The summed E-state index contributed by atoms with van der Waals surface area (Å²) in [5.41, 5.74) is 4.44. The zero-order valence-corrected chi connectivity index (χ0v) is 19.1. The summed E-state index contributed by atoms with van der Waals surface area (Å²) in [6.07, 6.45) is 1.97. The van der Waals surface area contributed by atoms with Crippen LogP contribution in [0.3, 0.4) is 0 Å². The predicted octanol–water partition coefficient (Wildman–Crippen LogP) is 6.12. The van der Waals surface area contributed by atoms with E-state index in [2.05, 4.69) is 65.5 Å². The van der Waals surface area contributed by atoms with Gasteiger partial charge in [0.25, 0.3) is 5.91 Å². The number of amides is 1. The highest BCUT2D eigenvalue weighted by Gasteiger charge is 2.18. The lowest BCUT2D eigenvalue weighted by Crippen LogP contribution is -2.23. The monoisotopic (exact) mass is 447 g/mol. The Morgan fingerprint density at radius 2 is 1.68 bits per heavy atom. The molecule has 4 nitrogen and oxygen atoms in total. The highest BCUT2D eigenvalue weighted by atomic mass is 32.2. The summed E-state index contributed by atoms with van der Waals surface area (Å²) in [6, 6.07) is 24.5. The summed E-state index contributed by atoms with van der Waals surface area (Å²) in [6.45, 7) is 0.697.